The zero-order chi connectivity index (χ0) is 23.5. The summed E-state index contributed by atoms with van der Waals surface area (Å²) < 4.78 is 67.4. The zero-order valence-corrected chi connectivity index (χ0v) is 17.6. The first kappa shape index (κ1) is 23.1. The van der Waals surface area contributed by atoms with Gasteiger partial charge in [-0.2, -0.15) is 13.8 Å². The van der Waals surface area contributed by atoms with E-state index in [-0.39, 0.29) is 33.7 Å². The predicted octanol–water partition coefficient (Wildman–Crippen LogP) is 2.66. The van der Waals surface area contributed by atoms with Gasteiger partial charge in [0.15, 0.2) is 18.1 Å². The van der Waals surface area contributed by atoms with Crippen molar-refractivity contribution in [2.24, 2.45) is 5.14 Å². The highest BCUT2D eigenvalue weighted by Crippen LogP contribution is 2.32. The van der Waals surface area contributed by atoms with Gasteiger partial charge in [0.2, 0.25) is 15.8 Å². The number of rotatable bonds is 8. The summed E-state index contributed by atoms with van der Waals surface area (Å²) in [6, 6.07) is 7.87. The second-order valence-electron chi connectivity index (χ2n) is 6.35. The van der Waals surface area contributed by atoms with E-state index < -0.39 is 29.2 Å². The van der Waals surface area contributed by atoms with Gasteiger partial charge < -0.3 is 18.7 Å². The second-order valence-corrected chi connectivity index (χ2v) is 7.92. The molecule has 0 atom stereocenters. The average Bonchev–Trinajstić information content (AvgIpc) is 3.20. The number of benzene rings is 2. The summed E-state index contributed by atoms with van der Waals surface area (Å²) in [5.41, 5.74) is 0.865. The van der Waals surface area contributed by atoms with Crippen LogP contribution in [-0.4, -0.2) is 38.2 Å². The van der Waals surface area contributed by atoms with Gasteiger partial charge in [-0.1, -0.05) is 11.2 Å². The van der Waals surface area contributed by atoms with E-state index in [4.69, 9.17) is 19.1 Å². The lowest BCUT2D eigenvalue weighted by molar-refractivity contribution is -0.0512. The lowest BCUT2D eigenvalue weighted by Crippen LogP contribution is -2.14. The second kappa shape index (κ2) is 9.28. The number of carbonyl (C=O) groups excluding carboxylic acids is 1. The summed E-state index contributed by atoms with van der Waals surface area (Å²) in [5, 5.41) is 8.83. The lowest BCUT2D eigenvalue weighted by Gasteiger charge is -2.10. The molecule has 0 aliphatic rings. The van der Waals surface area contributed by atoms with Crippen LogP contribution in [0.5, 0.6) is 11.5 Å². The minimum absolute atomic E-state index is 0.00983. The minimum Gasteiger partial charge on any atom is -0.493 e. The monoisotopic (exact) mass is 469 g/mol. The van der Waals surface area contributed by atoms with Crippen molar-refractivity contribution in [3.8, 4) is 22.9 Å². The predicted molar refractivity (Wildman–Crippen MR) is 105 cm³/mol. The van der Waals surface area contributed by atoms with Gasteiger partial charge in [0.1, 0.15) is 0 Å². The van der Waals surface area contributed by atoms with Crippen LogP contribution in [-0.2, 0) is 21.4 Å². The molecule has 0 fully saturated rings. The van der Waals surface area contributed by atoms with Crippen molar-refractivity contribution in [3.63, 3.8) is 0 Å². The van der Waals surface area contributed by atoms with E-state index in [1.54, 1.807) is 6.92 Å². The molecule has 1 aromatic heterocycles. The standard InChI is InChI=1S/C19H17F2N3O7S/c1-10-3-5-12(32(22,26)27)8-13(10)18(25)29-9-16-23-17(24-31-16)11-4-6-14(30-19(20)21)15(7-11)28-2/h3-8,19H,9H2,1-2H3,(H2,22,26,27). The summed E-state index contributed by atoms with van der Waals surface area (Å²) in [4.78, 5) is 16.2. The Morgan fingerprint density at radius 3 is 2.59 bits per heavy atom. The van der Waals surface area contributed by atoms with E-state index in [0.29, 0.717) is 11.1 Å². The highest BCUT2D eigenvalue weighted by molar-refractivity contribution is 7.89. The number of methoxy groups -OCH3 is 1. The van der Waals surface area contributed by atoms with Crippen molar-refractivity contribution in [2.45, 2.75) is 25.0 Å². The van der Waals surface area contributed by atoms with Gasteiger partial charge in [-0.05, 0) is 42.8 Å². The molecule has 0 radical (unpaired) electrons. The Bertz CT molecular complexity index is 1250. The minimum atomic E-state index is -4.00. The summed E-state index contributed by atoms with van der Waals surface area (Å²) >= 11 is 0. The van der Waals surface area contributed by atoms with Crippen molar-refractivity contribution in [1.82, 2.24) is 10.1 Å². The molecule has 0 unspecified atom stereocenters. The van der Waals surface area contributed by atoms with Crippen LogP contribution in [0.3, 0.4) is 0 Å². The first-order valence-electron chi connectivity index (χ1n) is 8.85. The van der Waals surface area contributed by atoms with Crippen LogP contribution in [0.1, 0.15) is 21.8 Å². The molecule has 170 valence electrons. The number of esters is 1. The Morgan fingerprint density at radius 1 is 1.19 bits per heavy atom. The number of sulfonamides is 1. The number of ether oxygens (including phenoxy) is 3. The van der Waals surface area contributed by atoms with E-state index in [2.05, 4.69) is 14.9 Å². The molecule has 0 amide bonds. The fraction of sp³-hybridized carbons (Fsp3) is 0.211. The Hall–Kier alpha value is -3.58. The van der Waals surface area contributed by atoms with E-state index in [1.165, 1.54) is 37.4 Å². The molecule has 3 rings (SSSR count). The first-order valence-corrected chi connectivity index (χ1v) is 10.4. The number of hydrogen-bond acceptors (Lipinski definition) is 9. The van der Waals surface area contributed by atoms with Crippen LogP contribution in [0.2, 0.25) is 0 Å². The molecule has 0 bridgehead atoms. The number of hydrogen-bond donors (Lipinski definition) is 1. The highest BCUT2D eigenvalue weighted by Gasteiger charge is 2.18. The van der Waals surface area contributed by atoms with E-state index in [0.717, 1.165) is 6.07 Å². The van der Waals surface area contributed by atoms with Gasteiger partial charge in [-0.25, -0.2) is 18.4 Å². The molecule has 3 aromatic rings. The molecule has 13 heteroatoms. The van der Waals surface area contributed by atoms with Crippen LogP contribution in [0.4, 0.5) is 8.78 Å². The fourth-order valence-electron chi connectivity index (χ4n) is 2.63. The van der Waals surface area contributed by atoms with Gasteiger partial charge >= 0.3 is 12.6 Å². The SMILES string of the molecule is COc1cc(-c2noc(COC(=O)c3cc(S(N)(=O)=O)ccc3C)n2)ccc1OC(F)F. The van der Waals surface area contributed by atoms with Gasteiger partial charge in [0.25, 0.3) is 5.89 Å². The molecule has 10 nitrogen and oxygen atoms in total. The first-order chi connectivity index (χ1) is 15.1. The van der Waals surface area contributed by atoms with E-state index >= 15 is 0 Å². The maximum atomic E-state index is 12.4. The molecular formula is C19H17F2N3O7S. The van der Waals surface area contributed by atoms with Gasteiger partial charge in [0.05, 0.1) is 17.6 Å². The number of halogens is 2. The van der Waals surface area contributed by atoms with Crippen LogP contribution < -0.4 is 14.6 Å². The summed E-state index contributed by atoms with van der Waals surface area (Å²) in [6.07, 6.45) is 0. The quantitative estimate of drug-likeness (QED) is 0.492. The third kappa shape index (κ3) is 5.36. The number of alkyl halides is 2. The van der Waals surface area contributed by atoms with Gasteiger partial charge in [-0.3, -0.25) is 0 Å². The maximum absolute atomic E-state index is 12.4. The Morgan fingerprint density at radius 2 is 1.94 bits per heavy atom. The number of primary sulfonamides is 1. The third-order valence-corrected chi connectivity index (χ3v) is 5.10. The number of carbonyl (C=O) groups is 1. The molecule has 32 heavy (non-hydrogen) atoms. The Balaban J connectivity index is 1.73. The number of aryl methyl sites for hydroxylation is 1. The fourth-order valence-corrected chi connectivity index (χ4v) is 3.17. The number of nitrogens with zero attached hydrogens (tertiary/aromatic N) is 2. The largest absolute Gasteiger partial charge is 0.493 e. The number of aromatic nitrogens is 2. The van der Waals surface area contributed by atoms with Crippen LogP contribution in [0.15, 0.2) is 45.8 Å². The van der Waals surface area contributed by atoms with Crippen molar-refractivity contribution in [1.29, 1.82) is 0 Å². The summed E-state index contributed by atoms with van der Waals surface area (Å²) in [6.45, 7) is -1.81. The lowest BCUT2D eigenvalue weighted by atomic mass is 10.1. The van der Waals surface area contributed by atoms with Crippen molar-refractivity contribution in [3.05, 3.63) is 53.4 Å². The highest BCUT2D eigenvalue weighted by atomic mass is 32.2. The van der Waals surface area contributed by atoms with Crippen LogP contribution in [0.25, 0.3) is 11.4 Å². The average molecular weight is 469 g/mol. The molecule has 2 N–H and O–H groups in total. The van der Waals surface area contributed by atoms with Crippen molar-refractivity contribution < 1.29 is 40.7 Å². The smallest absolute Gasteiger partial charge is 0.387 e. The summed E-state index contributed by atoms with van der Waals surface area (Å²) in [5.74, 6) is -0.916. The number of nitrogens with two attached hydrogens (primary N) is 1. The van der Waals surface area contributed by atoms with E-state index in [9.17, 15) is 22.0 Å². The molecule has 2 aromatic carbocycles. The molecule has 1 heterocycles. The van der Waals surface area contributed by atoms with Crippen molar-refractivity contribution >= 4 is 16.0 Å². The molecule has 0 saturated heterocycles. The normalized spacial score (nSPS) is 11.4. The summed E-state index contributed by atoms with van der Waals surface area (Å²) in [7, 11) is -2.71. The third-order valence-electron chi connectivity index (χ3n) is 4.19. The van der Waals surface area contributed by atoms with Crippen LogP contribution >= 0.6 is 0 Å². The van der Waals surface area contributed by atoms with Gasteiger partial charge in [-0.15, -0.1) is 0 Å². The molecule has 0 aliphatic heterocycles. The molecule has 0 saturated carbocycles. The Labute approximate surface area is 180 Å². The topological polar surface area (TPSA) is 144 Å². The molecule has 0 spiro atoms. The maximum Gasteiger partial charge on any atom is 0.387 e. The van der Waals surface area contributed by atoms with Gasteiger partial charge in [0, 0.05) is 5.56 Å². The van der Waals surface area contributed by atoms with Crippen LogP contribution in [0, 0.1) is 6.92 Å². The zero-order valence-electron chi connectivity index (χ0n) is 16.7. The molecular weight excluding hydrogens is 452 g/mol. The van der Waals surface area contributed by atoms with E-state index in [1.807, 2.05) is 0 Å². The van der Waals surface area contributed by atoms with Crippen molar-refractivity contribution in [2.75, 3.05) is 7.11 Å². The Kier molecular flexibility index (Phi) is 6.69. The molecule has 0 aliphatic carbocycles.